The molecule has 0 saturated heterocycles. The van der Waals surface area contributed by atoms with Gasteiger partial charge in [-0.3, -0.25) is 9.48 Å². The Morgan fingerprint density at radius 1 is 1.56 bits per heavy atom. The number of carbonyl (C=O) groups is 1. The smallest absolute Gasteiger partial charge is 0.273 e. The Labute approximate surface area is 95.8 Å². The predicted molar refractivity (Wildman–Crippen MR) is 57.0 cm³/mol. The number of nitrogens with zero attached hydrogens (tertiary/aromatic N) is 5. The van der Waals surface area contributed by atoms with E-state index in [0.717, 1.165) is 11.7 Å². The number of carbonyl (C=O) groups excluding carboxylic acids is 1. The van der Waals surface area contributed by atoms with Crippen LogP contribution in [0.25, 0.3) is 0 Å². The van der Waals surface area contributed by atoms with Crippen molar-refractivity contribution in [1.29, 1.82) is 0 Å². The molecule has 0 aromatic carbocycles. The molecule has 0 radical (unpaired) electrons. The van der Waals surface area contributed by atoms with Crippen LogP contribution >= 0.6 is 11.7 Å². The molecule has 84 valence electrons. The molecule has 1 amide bonds. The lowest BCUT2D eigenvalue weighted by Crippen LogP contribution is -2.28. The molecule has 7 nitrogen and oxygen atoms in total. The number of hydrogen-bond donors (Lipinski definition) is 1. The van der Waals surface area contributed by atoms with Crippen LogP contribution in [0.15, 0.2) is 12.4 Å². The van der Waals surface area contributed by atoms with Crippen molar-refractivity contribution in [1.82, 2.24) is 29.1 Å². The van der Waals surface area contributed by atoms with Gasteiger partial charge in [0.05, 0.1) is 30.2 Å². The van der Waals surface area contributed by atoms with E-state index in [9.17, 15) is 4.79 Å². The van der Waals surface area contributed by atoms with Crippen LogP contribution in [0.3, 0.4) is 0 Å². The zero-order chi connectivity index (χ0) is 11.4. The predicted octanol–water partition coefficient (Wildman–Crippen LogP) is -0.132. The Bertz CT molecular complexity index is 465. The van der Waals surface area contributed by atoms with Gasteiger partial charge in [0.1, 0.15) is 0 Å². The second kappa shape index (κ2) is 4.79. The Balaban J connectivity index is 1.83. The monoisotopic (exact) mass is 238 g/mol. The summed E-state index contributed by atoms with van der Waals surface area (Å²) in [4.78, 5) is 11.6. The lowest BCUT2D eigenvalue weighted by Gasteiger charge is -2.02. The third-order valence-electron chi connectivity index (χ3n) is 1.97. The summed E-state index contributed by atoms with van der Waals surface area (Å²) in [6, 6.07) is 0. The molecule has 0 unspecified atom stereocenters. The molecule has 0 spiro atoms. The average Bonchev–Trinajstić information content (AvgIpc) is 2.88. The van der Waals surface area contributed by atoms with Crippen LogP contribution in [0, 0.1) is 6.92 Å². The highest BCUT2D eigenvalue weighted by atomic mass is 32.1. The fourth-order valence-corrected chi connectivity index (χ4v) is 1.70. The van der Waals surface area contributed by atoms with E-state index < -0.39 is 0 Å². The van der Waals surface area contributed by atoms with Gasteiger partial charge in [0.15, 0.2) is 5.69 Å². The number of aromatic nitrogens is 5. The van der Waals surface area contributed by atoms with E-state index in [1.165, 1.54) is 0 Å². The second-order valence-corrected chi connectivity index (χ2v) is 3.65. The summed E-state index contributed by atoms with van der Waals surface area (Å²) in [6.45, 7) is 2.83. The molecule has 2 aromatic rings. The maximum atomic E-state index is 11.6. The van der Waals surface area contributed by atoms with Gasteiger partial charge in [0, 0.05) is 12.7 Å². The number of amides is 1. The summed E-state index contributed by atoms with van der Waals surface area (Å²) >= 11 is 1.04. The van der Waals surface area contributed by atoms with E-state index in [1.54, 1.807) is 24.0 Å². The topological polar surface area (TPSA) is 85.6 Å². The van der Waals surface area contributed by atoms with Crippen molar-refractivity contribution < 1.29 is 4.79 Å². The maximum Gasteiger partial charge on any atom is 0.273 e. The van der Waals surface area contributed by atoms with Crippen LogP contribution in [0.2, 0.25) is 0 Å². The van der Waals surface area contributed by atoms with E-state index in [0.29, 0.717) is 24.5 Å². The van der Waals surface area contributed by atoms with E-state index in [1.807, 2.05) is 0 Å². The van der Waals surface area contributed by atoms with E-state index in [4.69, 9.17) is 0 Å². The van der Waals surface area contributed by atoms with Gasteiger partial charge >= 0.3 is 0 Å². The Kier molecular flexibility index (Phi) is 3.20. The van der Waals surface area contributed by atoms with Gasteiger partial charge in [-0.1, -0.05) is 5.21 Å². The van der Waals surface area contributed by atoms with Gasteiger partial charge in [-0.2, -0.15) is 8.75 Å². The summed E-state index contributed by atoms with van der Waals surface area (Å²) in [5, 5.41) is 10.2. The minimum atomic E-state index is -0.202. The number of rotatable bonds is 4. The van der Waals surface area contributed by atoms with Crippen LogP contribution in [-0.2, 0) is 6.54 Å². The second-order valence-electron chi connectivity index (χ2n) is 3.12. The van der Waals surface area contributed by atoms with E-state index in [2.05, 4.69) is 24.4 Å². The molecule has 2 rings (SSSR count). The summed E-state index contributed by atoms with van der Waals surface area (Å²) in [5.41, 5.74) is 1.05. The number of hydrogen-bond acceptors (Lipinski definition) is 6. The molecule has 2 aromatic heterocycles. The third kappa shape index (κ3) is 2.40. The quantitative estimate of drug-likeness (QED) is 0.801. The first-order valence-electron chi connectivity index (χ1n) is 4.69. The zero-order valence-corrected chi connectivity index (χ0v) is 9.44. The normalized spacial score (nSPS) is 10.3. The molecule has 1 N–H and O–H groups in total. The number of nitrogens with one attached hydrogen (secondary N) is 1. The molecular formula is C8H10N6OS. The summed E-state index contributed by atoms with van der Waals surface area (Å²) < 4.78 is 9.50. The van der Waals surface area contributed by atoms with Crippen LogP contribution < -0.4 is 5.32 Å². The van der Waals surface area contributed by atoms with Gasteiger partial charge in [-0.05, 0) is 6.92 Å². The first-order chi connectivity index (χ1) is 7.77. The molecule has 0 aliphatic carbocycles. The van der Waals surface area contributed by atoms with Crippen molar-refractivity contribution in [3.05, 3.63) is 23.8 Å². The van der Waals surface area contributed by atoms with E-state index >= 15 is 0 Å². The minimum Gasteiger partial charge on any atom is -0.349 e. The third-order valence-corrected chi connectivity index (χ3v) is 2.59. The minimum absolute atomic E-state index is 0.202. The van der Waals surface area contributed by atoms with E-state index in [-0.39, 0.29) is 5.91 Å². The van der Waals surface area contributed by atoms with Gasteiger partial charge in [-0.25, -0.2) is 0 Å². The molecule has 0 fully saturated rings. The lowest BCUT2D eigenvalue weighted by atomic mass is 10.3. The molecule has 8 heteroatoms. The highest BCUT2D eigenvalue weighted by Gasteiger charge is 2.12. The lowest BCUT2D eigenvalue weighted by molar-refractivity contribution is 0.0947. The highest BCUT2D eigenvalue weighted by molar-refractivity contribution is 6.99. The number of aryl methyl sites for hydroxylation is 1. The Morgan fingerprint density at radius 2 is 2.44 bits per heavy atom. The average molecular weight is 238 g/mol. The maximum absolute atomic E-state index is 11.6. The highest BCUT2D eigenvalue weighted by Crippen LogP contribution is 2.02. The first-order valence-corrected chi connectivity index (χ1v) is 5.42. The first kappa shape index (κ1) is 10.7. The molecule has 0 atom stereocenters. The SMILES string of the molecule is Cc1nsnc1C(=O)NCCn1ccnn1. The Hall–Kier alpha value is -1.83. The van der Waals surface area contributed by atoms with Crippen molar-refractivity contribution in [2.75, 3.05) is 6.54 Å². The van der Waals surface area contributed by atoms with Crippen LogP contribution in [0.5, 0.6) is 0 Å². The molecular weight excluding hydrogens is 228 g/mol. The summed E-state index contributed by atoms with van der Waals surface area (Å²) in [5.74, 6) is -0.202. The van der Waals surface area contributed by atoms with Gasteiger partial charge in [-0.15, -0.1) is 5.10 Å². The standard InChI is InChI=1S/C8H10N6OS/c1-6-7(12-16-11-6)8(15)9-2-4-14-5-3-10-13-14/h3,5H,2,4H2,1H3,(H,9,15). The molecule has 0 aliphatic heterocycles. The van der Waals surface area contributed by atoms with Crippen molar-refractivity contribution in [2.45, 2.75) is 13.5 Å². The molecule has 16 heavy (non-hydrogen) atoms. The summed E-state index contributed by atoms with van der Waals surface area (Å²) in [7, 11) is 0. The van der Waals surface area contributed by atoms with Crippen molar-refractivity contribution in [3.63, 3.8) is 0 Å². The fraction of sp³-hybridized carbons (Fsp3) is 0.375. The van der Waals surface area contributed by atoms with Crippen LogP contribution in [0.4, 0.5) is 0 Å². The molecule has 0 aliphatic rings. The molecule has 0 bridgehead atoms. The van der Waals surface area contributed by atoms with Crippen molar-refractivity contribution >= 4 is 17.6 Å². The van der Waals surface area contributed by atoms with Crippen molar-refractivity contribution in [3.8, 4) is 0 Å². The largest absolute Gasteiger partial charge is 0.349 e. The van der Waals surface area contributed by atoms with Crippen molar-refractivity contribution in [2.24, 2.45) is 0 Å². The van der Waals surface area contributed by atoms with Gasteiger partial charge < -0.3 is 5.32 Å². The zero-order valence-electron chi connectivity index (χ0n) is 8.62. The summed E-state index contributed by atoms with van der Waals surface area (Å²) in [6.07, 6.45) is 3.33. The fourth-order valence-electron chi connectivity index (χ4n) is 1.16. The van der Waals surface area contributed by atoms with Crippen LogP contribution in [0.1, 0.15) is 16.2 Å². The van der Waals surface area contributed by atoms with Crippen LogP contribution in [-0.4, -0.2) is 36.2 Å². The van der Waals surface area contributed by atoms with Gasteiger partial charge in [0.2, 0.25) is 0 Å². The Morgan fingerprint density at radius 3 is 3.06 bits per heavy atom. The molecule has 2 heterocycles. The van der Waals surface area contributed by atoms with Gasteiger partial charge in [0.25, 0.3) is 5.91 Å². The molecule has 0 saturated carbocycles.